The van der Waals surface area contributed by atoms with E-state index in [1.165, 1.54) is 36.6 Å². The van der Waals surface area contributed by atoms with Crippen LogP contribution >= 0.6 is 11.3 Å². The Morgan fingerprint density at radius 3 is 2.52 bits per heavy atom. The van der Waals surface area contributed by atoms with E-state index >= 15 is 0 Å². The van der Waals surface area contributed by atoms with Crippen molar-refractivity contribution in [2.75, 3.05) is 12.4 Å². The van der Waals surface area contributed by atoms with Crippen LogP contribution in [0.4, 0.5) is 20.3 Å². The quantitative estimate of drug-likeness (QED) is 0.489. The highest BCUT2D eigenvalue weighted by atomic mass is 32.1. The Bertz CT molecular complexity index is 1130. The number of aromatic nitrogens is 2. The van der Waals surface area contributed by atoms with Gasteiger partial charge in [0.15, 0.2) is 4.96 Å². The second-order valence-electron chi connectivity index (χ2n) is 6.12. The average Bonchev–Trinajstić information content (AvgIpc) is 3.13. The number of nitrogens with one attached hydrogen (secondary N) is 1. The average molecular weight is 385 g/mol. The van der Waals surface area contributed by atoms with Gasteiger partial charge in [-0.1, -0.05) is 6.07 Å². The number of imidazole rings is 1. The minimum Gasteiger partial charge on any atom is -0.496 e. The highest BCUT2D eigenvalue weighted by molar-refractivity contribution is 7.17. The van der Waals surface area contributed by atoms with Crippen LogP contribution in [0.5, 0.6) is 5.75 Å². The first-order chi connectivity index (χ1) is 13.0. The summed E-state index contributed by atoms with van der Waals surface area (Å²) in [5.41, 5.74) is 2.42. The van der Waals surface area contributed by atoms with Gasteiger partial charge in [0, 0.05) is 16.3 Å². The molecule has 138 valence electrons. The van der Waals surface area contributed by atoms with Gasteiger partial charge in [-0.15, -0.1) is 11.3 Å². The Hall–Kier alpha value is -2.93. The first kappa shape index (κ1) is 17.5. The SMILES string of the molecule is COc1cccc(F)c1-c1nc2sc(C)c(C)n2c1Nc1ccc(F)cc1. The molecule has 4 aromatic rings. The van der Waals surface area contributed by atoms with Crippen LogP contribution < -0.4 is 10.1 Å². The number of aryl methyl sites for hydroxylation is 2. The fourth-order valence-electron chi connectivity index (χ4n) is 3.01. The second-order valence-corrected chi connectivity index (χ2v) is 7.30. The van der Waals surface area contributed by atoms with Crippen LogP contribution in [0.2, 0.25) is 0 Å². The zero-order valence-electron chi connectivity index (χ0n) is 15.0. The number of benzene rings is 2. The summed E-state index contributed by atoms with van der Waals surface area (Å²) < 4.78 is 35.3. The molecule has 0 fully saturated rings. The Balaban J connectivity index is 1.97. The monoisotopic (exact) mass is 385 g/mol. The lowest BCUT2D eigenvalue weighted by atomic mass is 10.1. The third-order valence-corrected chi connectivity index (χ3v) is 5.53. The van der Waals surface area contributed by atoms with Crippen LogP contribution in [0.3, 0.4) is 0 Å². The Kier molecular flexibility index (Phi) is 4.31. The maximum atomic E-state index is 14.7. The van der Waals surface area contributed by atoms with Crippen molar-refractivity contribution in [3.05, 3.63) is 64.7 Å². The van der Waals surface area contributed by atoms with Crippen molar-refractivity contribution in [1.82, 2.24) is 9.38 Å². The zero-order chi connectivity index (χ0) is 19.1. The lowest BCUT2D eigenvalue weighted by Crippen LogP contribution is -2.00. The topological polar surface area (TPSA) is 38.6 Å². The van der Waals surface area contributed by atoms with E-state index in [2.05, 4.69) is 10.3 Å². The molecule has 0 aliphatic carbocycles. The molecule has 2 aromatic carbocycles. The number of anilines is 2. The molecular weight excluding hydrogens is 368 g/mol. The lowest BCUT2D eigenvalue weighted by Gasteiger charge is -2.12. The summed E-state index contributed by atoms with van der Waals surface area (Å²) in [6, 6.07) is 10.7. The first-order valence-corrected chi connectivity index (χ1v) is 9.15. The summed E-state index contributed by atoms with van der Waals surface area (Å²) >= 11 is 1.53. The second kappa shape index (κ2) is 6.66. The van der Waals surface area contributed by atoms with E-state index in [9.17, 15) is 8.78 Å². The van der Waals surface area contributed by atoms with Crippen LogP contribution in [0.25, 0.3) is 16.2 Å². The van der Waals surface area contributed by atoms with Gasteiger partial charge in [-0.2, -0.15) is 0 Å². The molecule has 4 nitrogen and oxygen atoms in total. The van der Waals surface area contributed by atoms with Gasteiger partial charge in [-0.3, -0.25) is 4.40 Å². The molecule has 27 heavy (non-hydrogen) atoms. The van der Waals surface area contributed by atoms with E-state index in [0.29, 0.717) is 22.9 Å². The number of hydrogen-bond acceptors (Lipinski definition) is 4. The van der Waals surface area contributed by atoms with Crippen molar-refractivity contribution >= 4 is 27.8 Å². The molecule has 0 aliphatic rings. The lowest BCUT2D eigenvalue weighted by molar-refractivity contribution is 0.413. The van der Waals surface area contributed by atoms with Crippen molar-refractivity contribution in [1.29, 1.82) is 0 Å². The van der Waals surface area contributed by atoms with Crippen molar-refractivity contribution in [2.24, 2.45) is 0 Å². The first-order valence-electron chi connectivity index (χ1n) is 8.33. The molecule has 2 heterocycles. The van der Waals surface area contributed by atoms with Gasteiger partial charge in [-0.25, -0.2) is 13.8 Å². The minimum absolute atomic E-state index is 0.289. The predicted octanol–water partition coefficient (Wildman–Crippen LogP) is 5.71. The Morgan fingerprint density at radius 2 is 1.81 bits per heavy atom. The van der Waals surface area contributed by atoms with Crippen LogP contribution in [-0.2, 0) is 0 Å². The Labute approximate surface area is 159 Å². The number of halogens is 2. The number of ether oxygens (including phenoxy) is 1. The summed E-state index contributed by atoms with van der Waals surface area (Å²) in [4.78, 5) is 6.54. The molecule has 0 radical (unpaired) electrons. The van der Waals surface area contributed by atoms with Gasteiger partial charge in [0.1, 0.15) is 28.9 Å². The minimum atomic E-state index is -0.420. The molecule has 0 saturated carbocycles. The van der Waals surface area contributed by atoms with Crippen molar-refractivity contribution in [3.8, 4) is 17.0 Å². The zero-order valence-corrected chi connectivity index (χ0v) is 15.8. The van der Waals surface area contributed by atoms with Gasteiger partial charge in [0.2, 0.25) is 0 Å². The molecule has 4 rings (SSSR count). The number of hydrogen-bond donors (Lipinski definition) is 1. The van der Waals surface area contributed by atoms with E-state index in [0.717, 1.165) is 15.5 Å². The molecule has 7 heteroatoms. The van der Waals surface area contributed by atoms with Crippen LogP contribution in [-0.4, -0.2) is 16.5 Å². The standard InChI is InChI=1S/C20H17F2N3OS/c1-11-12(2)27-20-24-18(17-15(22)5-4-6-16(17)26-3)19(25(11)20)23-14-9-7-13(21)8-10-14/h4-10,23H,1-3H3. The van der Waals surface area contributed by atoms with Crippen LogP contribution in [0.15, 0.2) is 42.5 Å². The Morgan fingerprint density at radius 1 is 1.07 bits per heavy atom. The van der Waals surface area contributed by atoms with E-state index < -0.39 is 5.82 Å². The molecule has 0 aliphatic heterocycles. The van der Waals surface area contributed by atoms with Crippen molar-refractivity contribution < 1.29 is 13.5 Å². The third-order valence-electron chi connectivity index (χ3n) is 4.48. The van der Waals surface area contributed by atoms with E-state index in [1.807, 2.05) is 18.2 Å². The van der Waals surface area contributed by atoms with Crippen LogP contribution in [0, 0.1) is 25.5 Å². The summed E-state index contributed by atoms with van der Waals surface area (Å²) in [6.45, 7) is 4.00. The number of nitrogens with zero attached hydrogens (tertiary/aromatic N) is 2. The van der Waals surface area contributed by atoms with Gasteiger partial charge in [0.25, 0.3) is 0 Å². The molecule has 0 amide bonds. The molecule has 0 spiro atoms. The maximum Gasteiger partial charge on any atom is 0.196 e. The van der Waals surface area contributed by atoms with Gasteiger partial charge in [0.05, 0.1) is 12.7 Å². The fraction of sp³-hybridized carbons (Fsp3) is 0.150. The number of rotatable bonds is 4. The number of thiazole rings is 1. The predicted molar refractivity (Wildman–Crippen MR) is 104 cm³/mol. The smallest absolute Gasteiger partial charge is 0.196 e. The van der Waals surface area contributed by atoms with E-state index in [1.54, 1.807) is 24.3 Å². The maximum absolute atomic E-state index is 14.7. The van der Waals surface area contributed by atoms with Gasteiger partial charge >= 0.3 is 0 Å². The largest absolute Gasteiger partial charge is 0.496 e. The molecule has 0 bridgehead atoms. The normalized spacial score (nSPS) is 11.1. The molecule has 1 N–H and O–H groups in total. The fourth-order valence-corrected chi connectivity index (χ4v) is 3.98. The molecule has 0 saturated heterocycles. The van der Waals surface area contributed by atoms with Gasteiger partial charge in [-0.05, 0) is 50.2 Å². The molecular formula is C20H17F2N3OS. The summed E-state index contributed by atoms with van der Waals surface area (Å²) in [5, 5.41) is 3.27. The van der Waals surface area contributed by atoms with Crippen molar-refractivity contribution in [3.63, 3.8) is 0 Å². The molecule has 0 atom stereocenters. The number of fused-ring (bicyclic) bond motifs is 1. The van der Waals surface area contributed by atoms with Crippen molar-refractivity contribution in [2.45, 2.75) is 13.8 Å². The number of methoxy groups -OCH3 is 1. The molecule has 2 aromatic heterocycles. The molecule has 0 unspecified atom stereocenters. The van der Waals surface area contributed by atoms with E-state index in [4.69, 9.17) is 4.74 Å². The van der Waals surface area contributed by atoms with Gasteiger partial charge < -0.3 is 10.1 Å². The summed E-state index contributed by atoms with van der Waals surface area (Å²) in [6.07, 6.45) is 0. The third kappa shape index (κ3) is 2.94. The summed E-state index contributed by atoms with van der Waals surface area (Å²) in [5.74, 6) is 0.272. The summed E-state index contributed by atoms with van der Waals surface area (Å²) in [7, 11) is 1.50. The highest BCUT2D eigenvalue weighted by Crippen LogP contribution is 2.40. The highest BCUT2D eigenvalue weighted by Gasteiger charge is 2.23. The van der Waals surface area contributed by atoms with E-state index in [-0.39, 0.29) is 11.4 Å². The van der Waals surface area contributed by atoms with Crippen LogP contribution in [0.1, 0.15) is 10.6 Å².